The van der Waals surface area contributed by atoms with Crippen LogP contribution in [0.5, 0.6) is 11.5 Å². The topological polar surface area (TPSA) is 52.6 Å². The van der Waals surface area contributed by atoms with Crippen LogP contribution in [-0.4, -0.2) is 18.9 Å². The summed E-state index contributed by atoms with van der Waals surface area (Å²) in [6, 6.07) is 12.3. The second kappa shape index (κ2) is 7.05. The lowest BCUT2D eigenvalue weighted by atomic mass is 9.87. The van der Waals surface area contributed by atoms with Crippen LogP contribution in [0.25, 0.3) is 0 Å². The molecule has 0 aliphatic rings. The van der Waals surface area contributed by atoms with Crippen LogP contribution in [0.2, 0.25) is 5.02 Å². The van der Waals surface area contributed by atoms with Crippen LogP contribution in [0.4, 0.5) is 0 Å². The zero-order chi connectivity index (χ0) is 17.9. The first kappa shape index (κ1) is 18.0. The Labute approximate surface area is 146 Å². The highest BCUT2D eigenvalue weighted by molar-refractivity contribution is 6.45. The molecule has 0 spiro atoms. The largest absolute Gasteiger partial charge is 0.463 e. The molecule has 0 saturated heterocycles. The van der Waals surface area contributed by atoms with Crippen molar-refractivity contribution >= 4 is 23.4 Å². The van der Waals surface area contributed by atoms with Crippen LogP contribution in [0.1, 0.15) is 36.7 Å². The van der Waals surface area contributed by atoms with E-state index in [4.69, 9.17) is 16.3 Å². The number of carbonyl (C=O) groups excluding carboxylic acids is 2. The summed E-state index contributed by atoms with van der Waals surface area (Å²) in [5.41, 5.74) is 1.35. The van der Waals surface area contributed by atoms with E-state index in [1.807, 2.05) is 24.3 Å². The fourth-order valence-electron chi connectivity index (χ4n) is 2.11. The summed E-state index contributed by atoms with van der Waals surface area (Å²) in [4.78, 5) is 23.1. The summed E-state index contributed by atoms with van der Waals surface area (Å²) in [7, 11) is 1.15. The highest BCUT2D eigenvalue weighted by atomic mass is 35.5. The van der Waals surface area contributed by atoms with Crippen molar-refractivity contribution in [1.82, 2.24) is 0 Å². The molecule has 0 radical (unpaired) electrons. The molecule has 2 aromatic carbocycles. The number of methoxy groups -OCH3 is 1. The first-order valence-corrected chi connectivity index (χ1v) is 7.81. The molecule has 0 unspecified atom stereocenters. The molecule has 4 nitrogen and oxygen atoms in total. The third kappa shape index (κ3) is 4.15. The Kier molecular flexibility index (Phi) is 5.30. The van der Waals surface area contributed by atoms with Crippen molar-refractivity contribution < 1.29 is 19.1 Å². The predicted molar refractivity (Wildman–Crippen MR) is 93.0 cm³/mol. The standard InChI is InChI=1S/C19H19ClO4/c1-19(2,3)12-5-7-13(8-6-12)24-14-9-10-15(16(20)11-14)17(21)18(22)23-4/h5-11H,1-4H3. The number of carbonyl (C=O) groups is 2. The Bertz CT molecular complexity index is 758. The molecule has 2 rings (SSSR count). The average Bonchev–Trinajstić information content (AvgIpc) is 2.53. The molecule has 0 heterocycles. The molecule has 0 bridgehead atoms. The highest BCUT2D eigenvalue weighted by Crippen LogP contribution is 2.29. The number of ether oxygens (including phenoxy) is 2. The number of ketones is 1. The summed E-state index contributed by atoms with van der Waals surface area (Å²) in [6.45, 7) is 6.42. The van der Waals surface area contributed by atoms with Gasteiger partial charge < -0.3 is 9.47 Å². The predicted octanol–water partition coefficient (Wildman–Crippen LogP) is 4.79. The van der Waals surface area contributed by atoms with Crippen LogP contribution in [-0.2, 0) is 14.9 Å². The van der Waals surface area contributed by atoms with E-state index in [1.165, 1.54) is 17.7 Å². The van der Waals surface area contributed by atoms with Gasteiger partial charge in [-0.1, -0.05) is 44.5 Å². The zero-order valence-corrected chi connectivity index (χ0v) is 14.8. The Hall–Kier alpha value is -2.33. The molecule has 126 valence electrons. The van der Waals surface area contributed by atoms with E-state index in [-0.39, 0.29) is 16.0 Å². The lowest BCUT2D eigenvalue weighted by Gasteiger charge is -2.19. The molecule has 0 fully saturated rings. The molecule has 0 saturated carbocycles. The fraction of sp³-hybridized carbons (Fsp3) is 0.263. The van der Waals surface area contributed by atoms with Crippen LogP contribution in [0.15, 0.2) is 42.5 Å². The van der Waals surface area contributed by atoms with Gasteiger partial charge in [0.1, 0.15) is 11.5 Å². The van der Waals surface area contributed by atoms with E-state index in [9.17, 15) is 9.59 Å². The molecule has 0 aromatic heterocycles. The van der Waals surface area contributed by atoms with Gasteiger partial charge in [-0.3, -0.25) is 4.79 Å². The van der Waals surface area contributed by atoms with Crippen molar-refractivity contribution in [2.75, 3.05) is 7.11 Å². The van der Waals surface area contributed by atoms with Gasteiger partial charge in [-0.2, -0.15) is 0 Å². The van der Waals surface area contributed by atoms with Gasteiger partial charge in [-0.25, -0.2) is 4.79 Å². The van der Waals surface area contributed by atoms with Crippen LogP contribution >= 0.6 is 11.6 Å². The van der Waals surface area contributed by atoms with Gasteiger partial charge >= 0.3 is 5.97 Å². The lowest BCUT2D eigenvalue weighted by molar-refractivity contribution is -0.135. The highest BCUT2D eigenvalue weighted by Gasteiger charge is 2.20. The Balaban J connectivity index is 2.18. The summed E-state index contributed by atoms with van der Waals surface area (Å²) in [5.74, 6) is -0.608. The van der Waals surface area contributed by atoms with E-state index in [0.717, 1.165) is 7.11 Å². The SMILES string of the molecule is COC(=O)C(=O)c1ccc(Oc2ccc(C(C)(C)C)cc2)cc1Cl. The normalized spacial score (nSPS) is 11.0. The maximum atomic E-state index is 11.8. The minimum absolute atomic E-state index is 0.0672. The van der Waals surface area contributed by atoms with Crippen LogP contribution in [0, 0.1) is 0 Å². The number of hydrogen-bond donors (Lipinski definition) is 0. The van der Waals surface area contributed by atoms with Crippen LogP contribution in [0.3, 0.4) is 0 Å². The quantitative estimate of drug-likeness (QED) is 0.454. The van der Waals surface area contributed by atoms with Gasteiger partial charge in [0.25, 0.3) is 5.78 Å². The molecule has 0 aliphatic heterocycles. The number of halogens is 1. The molecule has 0 amide bonds. The van der Waals surface area contributed by atoms with Gasteiger partial charge in [0.05, 0.1) is 12.1 Å². The van der Waals surface area contributed by atoms with E-state index in [2.05, 4.69) is 25.5 Å². The van der Waals surface area contributed by atoms with E-state index in [1.54, 1.807) is 6.07 Å². The van der Waals surface area contributed by atoms with Gasteiger partial charge in [-0.05, 0) is 35.2 Å². The Morgan fingerprint density at radius 1 is 0.958 bits per heavy atom. The minimum atomic E-state index is -0.955. The zero-order valence-electron chi connectivity index (χ0n) is 14.1. The fourth-order valence-corrected chi connectivity index (χ4v) is 2.36. The molecule has 0 N–H and O–H groups in total. The molecular formula is C19H19ClO4. The van der Waals surface area contributed by atoms with Crippen LogP contribution < -0.4 is 4.74 Å². The number of rotatable bonds is 4. The third-order valence-corrected chi connectivity index (χ3v) is 3.82. The smallest absolute Gasteiger partial charge is 0.379 e. The molecule has 0 atom stereocenters. The minimum Gasteiger partial charge on any atom is -0.463 e. The number of Topliss-reactive ketones (excluding diaryl/α,β-unsaturated/α-hetero) is 1. The summed E-state index contributed by atoms with van der Waals surface area (Å²) in [6.07, 6.45) is 0. The van der Waals surface area contributed by atoms with Crippen molar-refractivity contribution in [1.29, 1.82) is 0 Å². The van der Waals surface area contributed by atoms with Crippen molar-refractivity contribution in [3.8, 4) is 11.5 Å². The summed E-state index contributed by atoms with van der Waals surface area (Å²) >= 11 is 6.07. The molecule has 5 heteroatoms. The maximum absolute atomic E-state index is 11.8. The van der Waals surface area contributed by atoms with Gasteiger partial charge in [0.2, 0.25) is 0 Å². The van der Waals surface area contributed by atoms with Crippen molar-refractivity contribution in [3.63, 3.8) is 0 Å². The van der Waals surface area contributed by atoms with E-state index < -0.39 is 11.8 Å². The molecule has 24 heavy (non-hydrogen) atoms. The summed E-state index contributed by atoms with van der Waals surface area (Å²) < 4.78 is 10.1. The first-order valence-electron chi connectivity index (χ1n) is 7.43. The molecular weight excluding hydrogens is 328 g/mol. The number of benzene rings is 2. The third-order valence-electron chi connectivity index (χ3n) is 3.51. The first-order chi connectivity index (χ1) is 11.2. The molecule has 2 aromatic rings. The van der Waals surface area contributed by atoms with Crippen molar-refractivity contribution in [2.45, 2.75) is 26.2 Å². The van der Waals surface area contributed by atoms with Gasteiger partial charge in [0, 0.05) is 11.6 Å². The maximum Gasteiger partial charge on any atom is 0.379 e. The molecule has 0 aliphatic carbocycles. The Morgan fingerprint density at radius 2 is 1.54 bits per heavy atom. The van der Waals surface area contributed by atoms with Crippen molar-refractivity contribution in [3.05, 3.63) is 58.6 Å². The average molecular weight is 347 g/mol. The Morgan fingerprint density at radius 3 is 2.04 bits per heavy atom. The second-order valence-electron chi connectivity index (χ2n) is 6.34. The number of hydrogen-bond acceptors (Lipinski definition) is 4. The van der Waals surface area contributed by atoms with Gasteiger partial charge in [-0.15, -0.1) is 0 Å². The second-order valence-corrected chi connectivity index (χ2v) is 6.75. The number of esters is 1. The van der Waals surface area contributed by atoms with E-state index in [0.29, 0.717) is 11.5 Å². The van der Waals surface area contributed by atoms with E-state index >= 15 is 0 Å². The van der Waals surface area contributed by atoms with Gasteiger partial charge in [0.15, 0.2) is 0 Å². The van der Waals surface area contributed by atoms with Crippen molar-refractivity contribution in [2.24, 2.45) is 0 Å². The lowest BCUT2D eigenvalue weighted by Crippen LogP contribution is -2.16. The summed E-state index contributed by atoms with van der Waals surface area (Å²) in [5, 5.41) is 0.134. The monoisotopic (exact) mass is 346 g/mol.